The lowest BCUT2D eigenvalue weighted by atomic mass is 10.1. The van der Waals surface area contributed by atoms with Crippen LogP contribution in [0.5, 0.6) is 0 Å². The maximum atomic E-state index is 11.6. The number of para-hydroxylation sites is 1. The van der Waals surface area contributed by atoms with Gasteiger partial charge in [0.15, 0.2) is 14.9 Å². The summed E-state index contributed by atoms with van der Waals surface area (Å²) in [5.74, 6) is 0.182. The standard InChI is InChI=1S/C21H20N6O4S2/c28-27(29)19-8-4-5-15(11-19)20-16(13-26(25-20)18-6-2-1-3-7-18)12-22-24-21(32)23-17-9-10-33(30,31)14-17/h1-8,11-13,17H,9-10,14H2,(H2,23,24,32)/b22-12+. The number of nitrogens with one attached hydrogen (secondary N) is 2. The summed E-state index contributed by atoms with van der Waals surface area (Å²) < 4.78 is 24.9. The fourth-order valence-corrected chi connectivity index (χ4v) is 5.37. The number of non-ortho nitro benzene ring substituents is 1. The van der Waals surface area contributed by atoms with Crippen molar-refractivity contribution in [3.8, 4) is 16.9 Å². The highest BCUT2D eigenvalue weighted by molar-refractivity contribution is 7.91. The van der Waals surface area contributed by atoms with E-state index >= 15 is 0 Å². The normalized spacial score (nSPS) is 17.2. The lowest BCUT2D eigenvalue weighted by Crippen LogP contribution is -2.40. The number of sulfone groups is 1. The summed E-state index contributed by atoms with van der Waals surface area (Å²) in [6.07, 6.45) is 3.77. The van der Waals surface area contributed by atoms with Crippen LogP contribution in [0.3, 0.4) is 0 Å². The number of aromatic nitrogens is 2. The number of nitrogens with zero attached hydrogens (tertiary/aromatic N) is 4. The lowest BCUT2D eigenvalue weighted by Gasteiger charge is -2.11. The van der Waals surface area contributed by atoms with Gasteiger partial charge in [-0.05, 0) is 30.8 Å². The Kier molecular flexibility index (Phi) is 6.47. The molecule has 3 aromatic rings. The maximum absolute atomic E-state index is 11.6. The summed E-state index contributed by atoms with van der Waals surface area (Å²) in [7, 11) is -3.02. The molecular weight excluding hydrogens is 464 g/mol. The van der Waals surface area contributed by atoms with Crippen LogP contribution in [-0.2, 0) is 9.84 Å². The van der Waals surface area contributed by atoms with Gasteiger partial charge < -0.3 is 5.32 Å². The van der Waals surface area contributed by atoms with Crippen LogP contribution in [0.4, 0.5) is 5.69 Å². The molecule has 33 heavy (non-hydrogen) atoms. The second-order valence-electron chi connectivity index (χ2n) is 7.46. The molecule has 2 heterocycles. The predicted octanol–water partition coefficient (Wildman–Crippen LogP) is 2.43. The first kappa shape index (κ1) is 22.6. The molecule has 0 radical (unpaired) electrons. The minimum absolute atomic E-state index is 0.0410. The predicted molar refractivity (Wildman–Crippen MR) is 129 cm³/mol. The zero-order valence-electron chi connectivity index (χ0n) is 17.3. The Labute approximate surface area is 195 Å². The summed E-state index contributed by atoms with van der Waals surface area (Å²) >= 11 is 5.21. The van der Waals surface area contributed by atoms with Gasteiger partial charge in [-0.3, -0.25) is 15.5 Å². The molecule has 1 aliphatic rings. The highest BCUT2D eigenvalue weighted by Gasteiger charge is 2.28. The van der Waals surface area contributed by atoms with Gasteiger partial charge in [-0.2, -0.15) is 10.2 Å². The summed E-state index contributed by atoms with van der Waals surface area (Å²) in [5, 5.41) is 23.1. The molecule has 0 saturated carbocycles. The maximum Gasteiger partial charge on any atom is 0.270 e. The summed E-state index contributed by atoms with van der Waals surface area (Å²) in [6.45, 7) is 0. The third kappa shape index (κ3) is 5.59. The molecule has 2 N–H and O–H groups in total. The van der Waals surface area contributed by atoms with Gasteiger partial charge in [0.1, 0.15) is 5.69 Å². The van der Waals surface area contributed by atoms with Gasteiger partial charge >= 0.3 is 0 Å². The van der Waals surface area contributed by atoms with E-state index in [0.29, 0.717) is 23.2 Å². The summed E-state index contributed by atoms with van der Waals surface area (Å²) in [5.41, 5.74) is 5.15. The number of hydrogen-bond acceptors (Lipinski definition) is 7. The minimum Gasteiger partial charge on any atom is -0.358 e. The molecular formula is C21H20N6O4S2. The molecule has 4 rings (SSSR count). The van der Waals surface area contributed by atoms with Gasteiger partial charge in [-0.25, -0.2) is 13.1 Å². The second-order valence-corrected chi connectivity index (χ2v) is 10.1. The first-order chi connectivity index (χ1) is 15.8. The van der Waals surface area contributed by atoms with Gasteiger partial charge in [0.25, 0.3) is 5.69 Å². The Morgan fingerprint density at radius 2 is 2.03 bits per heavy atom. The number of nitro groups is 1. The zero-order valence-corrected chi connectivity index (χ0v) is 18.9. The van der Waals surface area contributed by atoms with Crippen LogP contribution in [0.1, 0.15) is 12.0 Å². The molecule has 1 fully saturated rings. The van der Waals surface area contributed by atoms with E-state index in [1.807, 2.05) is 30.3 Å². The molecule has 0 aliphatic carbocycles. The first-order valence-electron chi connectivity index (χ1n) is 10.0. The molecule has 2 aromatic carbocycles. The topological polar surface area (TPSA) is 132 Å². The third-order valence-electron chi connectivity index (χ3n) is 5.03. The molecule has 12 heteroatoms. The molecule has 1 aliphatic heterocycles. The SMILES string of the molecule is O=[N+]([O-])c1cccc(-c2nn(-c3ccccc3)cc2/C=N/NC(=S)NC2CCS(=O)(=O)C2)c1. The number of benzene rings is 2. The van der Waals surface area contributed by atoms with E-state index in [1.54, 1.807) is 23.0 Å². The number of hydrazone groups is 1. The molecule has 10 nitrogen and oxygen atoms in total. The van der Waals surface area contributed by atoms with Crippen LogP contribution in [0.2, 0.25) is 0 Å². The van der Waals surface area contributed by atoms with Crippen LogP contribution >= 0.6 is 12.2 Å². The van der Waals surface area contributed by atoms with E-state index < -0.39 is 14.8 Å². The molecule has 0 spiro atoms. The molecule has 0 bridgehead atoms. The van der Waals surface area contributed by atoms with Crippen molar-refractivity contribution in [1.82, 2.24) is 20.5 Å². The van der Waals surface area contributed by atoms with Gasteiger partial charge in [0.05, 0.1) is 28.3 Å². The van der Waals surface area contributed by atoms with E-state index in [-0.39, 0.29) is 28.3 Å². The van der Waals surface area contributed by atoms with Crippen LogP contribution in [0.15, 0.2) is 65.9 Å². The molecule has 1 saturated heterocycles. The monoisotopic (exact) mass is 484 g/mol. The zero-order chi connectivity index (χ0) is 23.4. The van der Waals surface area contributed by atoms with Crippen molar-refractivity contribution < 1.29 is 13.3 Å². The second kappa shape index (κ2) is 9.46. The van der Waals surface area contributed by atoms with Crippen molar-refractivity contribution in [1.29, 1.82) is 0 Å². The van der Waals surface area contributed by atoms with Crippen LogP contribution in [0, 0.1) is 10.1 Å². The van der Waals surface area contributed by atoms with E-state index in [4.69, 9.17) is 12.2 Å². The molecule has 0 amide bonds. The van der Waals surface area contributed by atoms with E-state index in [1.165, 1.54) is 18.3 Å². The molecule has 1 atom stereocenters. The molecule has 1 unspecified atom stereocenters. The minimum atomic E-state index is -3.02. The van der Waals surface area contributed by atoms with Gasteiger partial charge in [0.2, 0.25) is 0 Å². The average Bonchev–Trinajstić information content (AvgIpc) is 3.37. The number of nitro benzene ring substituents is 1. The Morgan fingerprint density at radius 3 is 2.73 bits per heavy atom. The van der Waals surface area contributed by atoms with Crippen LogP contribution in [-0.4, -0.2) is 52.0 Å². The van der Waals surface area contributed by atoms with Gasteiger partial charge in [-0.1, -0.05) is 30.3 Å². The van der Waals surface area contributed by atoms with Crippen LogP contribution < -0.4 is 10.7 Å². The van der Waals surface area contributed by atoms with Crippen molar-refractivity contribution in [2.45, 2.75) is 12.5 Å². The fraction of sp³-hybridized carbons (Fsp3) is 0.190. The Hall–Kier alpha value is -3.64. The summed E-state index contributed by atoms with van der Waals surface area (Å²) in [4.78, 5) is 10.8. The Morgan fingerprint density at radius 1 is 1.24 bits per heavy atom. The third-order valence-corrected chi connectivity index (χ3v) is 7.01. The van der Waals surface area contributed by atoms with Crippen molar-refractivity contribution in [3.05, 3.63) is 76.5 Å². The van der Waals surface area contributed by atoms with E-state index in [2.05, 4.69) is 20.9 Å². The number of hydrogen-bond donors (Lipinski definition) is 2. The molecule has 170 valence electrons. The smallest absolute Gasteiger partial charge is 0.270 e. The van der Waals surface area contributed by atoms with Crippen LogP contribution in [0.25, 0.3) is 16.9 Å². The van der Waals surface area contributed by atoms with E-state index in [9.17, 15) is 18.5 Å². The van der Waals surface area contributed by atoms with Crippen molar-refractivity contribution in [3.63, 3.8) is 0 Å². The molecule has 1 aromatic heterocycles. The van der Waals surface area contributed by atoms with Gasteiger partial charge in [-0.15, -0.1) is 0 Å². The Balaban J connectivity index is 1.57. The highest BCUT2D eigenvalue weighted by atomic mass is 32.2. The highest BCUT2D eigenvalue weighted by Crippen LogP contribution is 2.26. The van der Waals surface area contributed by atoms with Crippen molar-refractivity contribution in [2.75, 3.05) is 11.5 Å². The van der Waals surface area contributed by atoms with E-state index in [0.717, 1.165) is 5.69 Å². The Bertz CT molecular complexity index is 1320. The van der Waals surface area contributed by atoms with Crippen molar-refractivity contribution in [2.24, 2.45) is 5.10 Å². The first-order valence-corrected chi connectivity index (χ1v) is 12.2. The average molecular weight is 485 g/mol. The lowest BCUT2D eigenvalue weighted by molar-refractivity contribution is -0.384. The van der Waals surface area contributed by atoms with Gasteiger partial charge in [0, 0.05) is 35.5 Å². The summed E-state index contributed by atoms with van der Waals surface area (Å²) in [6, 6.07) is 15.4. The number of rotatable bonds is 6. The number of thiocarbonyl (C=S) groups is 1. The largest absolute Gasteiger partial charge is 0.358 e. The van der Waals surface area contributed by atoms with Crippen molar-refractivity contribution >= 4 is 39.1 Å². The fourth-order valence-electron chi connectivity index (χ4n) is 3.47. The quantitative estimate of drug-likeness (QED) is 0.236.